The van der Waals surface area contributed by atoms with E-state index >= 15 is 0 Å². The number of carbonyl (C=O) groups is 1. The van der Waals surface area contributed by atoms with Gasteiger partial charge in [0.05, 0.1) is 5.69 Å². The zero-order chi connectivity index (χ0) is 13.1. The summed E-state index contributed by atoms with van der Waals surface area (Å²) < 4.78 is 0. The maximum absolute atomic E-state index is 11.3. The molecule has 0 aromatic carbocycles. The van der Waals surface area contributed by atoms with Crippen LogP contribution in [0.1, 0.15) is 40.9 Å². The molecule has 0 fully saturated rings. The van der Waals surface area contributed by atoms with Crippen LogP contribution in [0.15, 0.2) is 12.2 Å². The van der Waals surface area contributed by atoms with Crippen molar-refractivity contribution < 1.29 is 9.90 Å². The Labute approximate surface area is 106 Å². The number of carboxylic acids is 1. The number of hydrogen-bond donors (Lipinski definition) is 2. The number of allylic oxidation sites excluding steroid dienone is 1. The lowest BCUT2D eigenvalue weighted by Gasteiger charge is -2.21. The van der Waals surface area contributed by atoms with Gasteiger partial charge in [0.25, 0.3) is 0 Å². The Morgan fingerprint density at radius 1 is 1.39 bits per heavy atom. The minimum absolute atomic E-state index is 0.233. The van der Waals surface area contributed by atoms with E-state index < -0.39 is 5.97 Å². The summed E-state index contributed by atoms with van der Waals surface area (Å²) in [5.41, 5.74) is 1.56. The first-order valence-corrected chi connectivity index (χ1v) is 6.08. The van der Waals surface area contributed by atoms with E-state index in [9.17, 15) is 9.90 Å². The van der Waals surface area contributed by atoms with Crippen LogP contribution in [0.4, 0.5) is 5.82 Å². The fourth-order valence-corrected chi connectivity index (χ4v) is 2.09. The highest BCUT2D eigenvalue weighted by molar-refractivity contribution is 5.94. The number of anilines is 1. The topological polar surface area (TPSA) is 75.1 Å². The summed E-state index contributed by atoms with van der Waals surface area (Å²) in [6, 6.07) is 0.240. The van der Waals surface area contributed by atoms with E-state index in [4.69, 9.17) is 0 Å². The molecule has 0 saturated heterocycles. The fourth-order valence-electron chi connectivity index (χ4n) is 2.09. The lowest BCUT2D eigenvalue weighted by Crippen LogP contribution is -2.23. The lowest BCUT2D eigenvalue weighted by molar-refractivity contribution is 0.0696. The van der Waals surface area contributed by atoms with Gasteiger partial charge >= 0.3 is 5.97 Å². The van der Waals surface area contributed by atoms with E-state index in [2.05, 4.69) is 27.7 Å². The molecule has 1 unspecified atom stereocenters. The number of carboxylic acid groups (broad SMARTS) is 1. The van der Waals surface area contributed by atoms with Gasteiger partial charge in [0, 0.05) is 6.04 Å². The summed E-state index contributed by atoms with van der Waals surface area (Å²) in [5.74, 6) is -0.578. The summed E-state index contributed by atoms with van der Waals surface area (Å²) >= 11 is 0. The van der Waals surface area contributed by atoms with Crippen molar-refractivity contribution in [1.82, 2.24) is 10.2 Å². The van der Waals surface area contributed by atoms with Crippen molar-refractivity contribution in [3.63, 3.8) is 0 Å². The zero-order valence-electron chi connectivity index (χ0n) is 10.6. The highest BCUT2D eigenvalue weighted by atomic mass is 16.4. The van der Waals surface area contributed by atoms with E-state index in [0.29, 0.717) is 17.1 Å². The molecule has 0 amide bonds. The molecule has 1 aromatic heterocycles. The Kier molecular flexibility index (Phi) is 3.60. The van der Waals surface area contributed by atoms with Gasteiger partial charge in [-0.05, 0) is 38.7 Å². The van der Waals surface area contributed by atoms with E-state index in [-0.39, 0.29) is 11.6 Å². The number of aryl methyl sites for hydroxylation is 1. The standard InChI is InChI=1S/C13H17N3O2/c1-8-9(2)15-16-12(11(8)13(17)18)14-10-6-4-3-5-7-10/h3-4,10H,5-7H2,1-2H3,(H,14,16)(H,17,18). The molecule has 1 heterocycles. The quantitative estimate of drug-likeness (QED) is 0.802. The average molecular weight is 247 g/mol. The Bertz CT molecular complexity index is 497. The molecule has 1 aliphatic carbocycles. The summed E-state index contributed by atoms with van der Waals surface area (Å²) in [6.07, 6.45) is 7.15. The van der Waals surface area contributed by atoms with Crippen LogP contribution in [-0.2, 0) is 0 Å². The molecule has 5 nitrogen and oxygen atoms in total. The number of hydrogen-bond acceptors (Lipinski definition) is 4. The van der Waals surface area contributed by atoms with Crippen molar-refractivity contribution in [2.45, 2.75) is 39.2 Å². The van der Waals surface area contributed by atoms with Crippen LogP contribution in [0.25, 0.3) is 0 Å². The Balaban J connectivity index is 2.29. The molecule has 1 aromatic rings. The second kappa shape index (κ2) is 5.16. The first-order valence-electron chi connectivity index (χ1n) is 6.08. The van der Waals surface area contributed by atoms with Gasteiger partial charge in [0.2, 0.25) is 0 Å². The molecule has 2 N–H and O–H groups in total. The van der Waals surface area contributed by atoms with E-state index in [1.807, 2.05) is 0 Å². The molecule has 0 spiro atoms. The van der Waals surface area contributed by atoms with Gasteiger partial charge < -0.3 is 10.4 Å². The normalized spacial score (nSPS) is 18.7. The molecule has 0 bridgehead atoms. The Morgan fingerprint density at radius 2 is 2.17 bits per heavy atom. The zero-order valence-corrected chi connectivity index (χ0v) is 10.6. The van der Waals surface area contributed by atoms with Crippen LogP contribution < -0.4 is 5.32 Å². The molecule has 2 rings (SSSR count). The summed E-state index contributed by atoms with van der Waals surface area (Å²) in [7, 11) is 0. The van der Waals surface area contributed by atoms with E-state index in [0.717, 1.165) is 19.3 Å². The molecule has 18 heavy (non-hydrogen) atoms. The summed E-state index contributed by atoms with van der Waals surface area (Å²) in [4.78, 5) is 11.3. The van der Waals surface area contributed by atoms with Crippen LogP contribution in [0.2, 0.25) is 0 Å². The average Bonchev–Trinajstić information content (AvgIpc) is 2.35. The van der Waals surface area contributed by atoms with Crippen LogP contribution in [-0.4, -0.2) is 27.3 Å². The second-order valence-corrected chi connectivity index (χ2v) is 4.56. The predicted octanol–water partition coefficient (Wildman–Crippen LogP) is 2.31. The molecular weight excluding hydrogens is 230 g/mol. The third-order valence-corrected chi connectivity index (χ3v) is 3.28. The third-order valence-electron chi connectivity index (χ3n) is 3.28. The van der Waals surface area contributed by atoms with Crippen molar-refractivity contribution in [1.29, 1.82) is 0 Å². The van der Waals surface area contributed by atoms with Crippen molar-refractivity contribution >= 4 is 11.8 Å². The minimum Gasteiger partial charge on any atom is -0.478 e. The number of aromatic nitrogens is 2. The number of rotatable bonds is 3. The van der Waals surface area contributed by atoms with Crippen molar-refractivity contribution in [3.8, 4) is 0 Å². The summed E-state index contributed by atoms with van der Waals surface area (Å²) in [5, 5.41) is 20.5. The maximum Gasteiger partial charge on any atom is 0.339 e. The maximum atomic E-state index is 11.3. The van der Waals surface area contributed by atoms with E-state index in [1.165, 1.54) is 0 Å². The number of nitrogens with one attached hydrogen (secondary N) is 1. The summed E-state index contributed by atoms with van der Waals surface area (Å²) in [6.45, 7) is 3.53. The van der Waals surface area contributed by atoms with Crippen molar-refractivity contribution in [3.05, 3.63) is 29.0 Å². The van der Waals surface area contributed by atoms with Gasteiger partial charge in [0.15, 0.2) is 5.82 Å². The number of aromatic carboxylic acids is 1. The van der Waals surface area contributed by atoms with Crippen molar-refractivity contribution in [2.75, 3.05) is 5.32 Å². The molecule has 5 heteroatoms. The van der Waals surface area contributed by atoms with Gasteiger partial charge in [-0.15, -0.1) is 5.10 Å². The first kappa shape index (κ1) is 12.5. The molecule has 96 valence electrons. The fraction of sp³-hybridized carbons (Fsp3) is 0.462. The molecule has 0 saturated carbocycles. The molecule has 0 radical (unpaired) electrons. The lowest BCUT2D eigenvalue weighted by atomic mass is 10.0. The van der Waals surface area contributed by atoms with Gasteiger partial charge in [-0.25, -0.2) is 4.79 Å². The SMILES string of the molecule is Cc1nnc(NC2CC=CCC2)c(C(=O)O)c1C. The van der Waals surface area contributed by atoms with Crippen LogP contribution in [0.5, 0.6) is 0 Å². The molecule has 1 atom stereocenters. The third kappa shape index (κ3) is 2.50. The van der Waals surface area contributed by atoms with Crippen LogP contribution >= 0.6 is 0 Å². The van der Waals surface area contributed by atoms with Crippen LogP contribution in [0.3, 0.4) is 0 Å². The highest BCUT2D eigenvalue weighted by Crippen LogP contribution is 2.22. The van der Waals surface area contributed by atoms with Crippen LogP contribution in [0, 0.1) is 13.8 Å². The highest BCUT2D eigenvalue weighted by Gasteiger charge is 2.20. The first-order chi connectivity index (χ1) is 8.59. The van der Waals surface area contributed by atoms with Gasteiger partial charge in [-0.3, -0.25) is 0 Å². The largest absolute Gasteiger partial charge is 0.478 e. The van der Waals surface area contributed by atoms with Crippen molar-refractivity contribution in [2.24, 2.45) is 0 Å². The minimum atomic E-state index is -0.959. The van der Waals surface area contributed by atoms with Gasteiger partial charge in [-0.2, -0.15) is 5.10 Å². The molecule has 0 aliphatic heterocycles. The van der Waals surface area contributed by atoms with Gasteiger partial charge in [-0.1, -0.05) is 12.2 Å². The second-order valence-electron chi connectivity index (χ2n) is 4.56. The molecule has 1 aliphatic rings. The Morgan fingerprint density at radius 3 is 2.78 bits per heavy atom. The Hall–Kier alpha value is -1.91. The monoisotopic (exact) mass is 247 g/mol. The predicted molar refractivity (Wildman–Crippen MR) is 68.9 cm³/mol. The molecular formula is C13H17N3O2. The van der Waals surface area contributed by atoms with Gasteiger partial charge in [0.1, 0.15) is 5.56 Å². The smallest absolute Gasteiger partial charge is 0.339 e. The number of nitrogens with zero attached hydrogens (tertiary/aromatic N) is 2. The van der Waals surface area contributed by atoms with E-state index in [1.54, 1.807) is 13.8 Å².